The van der Waals surface area contributed by atoms with Crippen molar-refractivity contribution in [3.63, 3.8) is 0 Å². The van der Waals surface area contributed by atoms with E-state index in [1.807, 2.05) is 6.20 Å². The fourth-order valence-corrected chi connectivity index (χ4v) is 5.73. The average molecular weight is 471 g/mol. The zero-order chi connectivity index (χ0) is 23.8. The molecular weight excluding hydrogens is 436 g/mol. The van der Waals surface area contributed by atoms with Gasteiger partial charge in [0.25, 0.3) is 0 Å². The summed E-state index contributed by atoms with van der Waals surface area (Å²) in [6.45, 7) is 5.04. The molecule has 0 saturated carbocycles. The van der Waals surface area contributed by atoms with Crippen LogP contribution < -0.4 is 4.90 Å². The average Bonchev–Trinajstić information content (AvgIpc) is 3.34. The normalized spacial score (nSPS) is 18.2. The maximum atomic E-state index is 5.57. The Kier molecular flexibility index (Phi) is 6.12. The Labute approximate surface area is 206 Å². The standard InChI is InChI=1S/C28H34N6O/c1-32(2)19-20-9-13-33(14-10-20)24-6-3-21(4-7-24)23-5-8-25-26(17-23)34-27(18-29-25)30-31-28(34)22-11-15-35-16-12-22/h3-8,17-18,20,22H,9-16,19H2,1-2H3. The third kappa shape index (κ3) is 4.50. The fourth-order valence-electron chi connectivity index (χ4n) is 5.73. The van der Waals surface area contributed by atoms with Crippen molar-refractivity contribution in [2.24, 2.45) is 5.92 Å². The molecule has 2 aliphatic rings. The monoisotopic (exact) mass is 470 g/mol. The molecule has 0 N–H and O–H groups in total. The van der Waals surface area contributed by atoms with Crippen molar-refractivity contribution >= 4 is 22.4 Å². The SMILES string of the molecule is CN(C)CC1CCN(c2ccc(-c3ccc4ncc5nnc(C6CCOCC6)n5c4c3)cc2)CC1. The molecular formula is C28H34N6O. The van der Waals surface area contributed by atoms with Crippen LogP contribution in [0.5, 0.6) is 0 Å². The van der Waals surface area contributed by atoms with Crippen molar-refractivity contribution in [1.82, 2.24) is 24.5 Å². The number of aromatic nitrogens is 4. The molecule has 0 spiro atoms. The van der Waals surface area contributed by atoms with Gasteiger partial charge in [-0.15, -0.1) is 10.2 Å². The molecule has 7 heteroatoms. The van der Waals surface area contributed by atoms with Gasteiger partial charge in [0.05, 0.1) is 17.2 Å². The minimum atomic E-state index is 0.370. The van der Waals surface area contributed by atoms with Gasteiger partial charge in [-0.1, -0.05) is 18.2 Å². The van der Waals surface area contributed by atoms with Gasteiger partial charge in [0, 0.05) is 44.5 Å². The molecule has 4 aromatic rings. The lowest BCUT2D eigenvalue weighted by atomic mass is 9.95. The van der Waals surface area contributed by atoms with Crippen LogP contribution in [0.4, 0.5) is 5.69 Å². The second-order valence-corrected chi connectivity index (χ2v) is 10.3. The van der Waals surface area contributed by atoms with Gasteiger partial charge in [0.2, 0.25) is 0 Å². The zero-order valence-corrected chi connectivity index (χ0v) is 20.7. The summed E-state index contributed by atoms with van der Waals surface area (Å²) in [5.41, 5.74) is 6.57. The highest BCUT2D eigenvalue weighted by Crippen LogP contribution is 2.31. The van der Waals surface area contributed by atoms with Crippen molar-refractivity contribution in [2.75, 3.05) is 51.8 Å². The molecule has 2 aliphatic heterocycles. The van der Waals surface area contributed by atoms with Crippen LogP contribution in [0.25, 0.3) is 27.8 Å². The molecule has 2 aromatic carbocycles. The number of hydrogen-bond donors (Lipinski definition) is 0. The summed E-state index contributed by atoms with van der Waals surface area (Å²) >= 11 is 0. The summed E-state index contributed by atoms with van der Waals surface area (Å²) in [7, 11) is 4.35. The van der Waals surface area contributed by atoms with Crippen LogP contribution in [-0.2, 0) is 4.74 Å². The molecule has 2 fully saturated rings. The molecule has 2 saturated heterocycles. The molecule has 0 bridgehead atoms. The minimum absolute atomic E-state index is 0.370. The third-order valence-corrected chi connectivity index (χ3v) is 7.64. The van der Waals surface area contributed by atoms with Gasteiger partial charge in [-0.25, -0.2) is 0 Å². The van der Waals surface area contributed by atoms with Crippen LogP contribution in [0.1, 0.15) is 37.4 Å². The van der Waals surface area contributed by atoms with Crippen molar-refractivity contribution in [2.45, 2.75) is 31.6 Å². The predicted octanol–water partition coefficient (Wildman–Crippen LogP) is 4.62. The van der Waals surface area contributed by atoms with E-state index < -0.39 is 0 Å². The lowest BCUT2D eigenvalue weighted by Crippen LogP contribution is -2.37. The maximum absolute atomic E-state index is 5.57. The molecule has 0 unspecified atom stereocenters. The number of hydrogen-bond acceptors (Lipinski definition) is 6. The van der Waals surface area contributed by atoms with Gasteiger partial charge >= 0.3 is 0 Å². The van der Waals surface area contributed by atoms with Crippen molar-refractivity contribution in [1.29, 1.82) is 0 Å². The highest BCUT2D eigenvalue weighted by atomic mass is 16.5. The highest BCUT2D eigenvalue weighted by molar-refractivity contribution is 5.84. The largest absolute Gasteiger partial charge is 0.381 e. The Balaban J connectivity index is 1.27. The van der Waals surface area contributed by atoms with E-state index in [9.17, 15) is 0 Å². The van der Waals surface area contributed by atoms with E-state index >= 15 is 0 Å². The van der Waals surface area contributed by atoms with Gasteiger partial charge in [0.15, 0.2) is 5.65 Å². The fraction of sp³-hybridized carbons (Fsp3) is 0.464. The van der Waals surface area contributed by atoms with Crippen molar-refractivity contribution in [3.8, 4) is 11.1 Å². The number of ether oxygens (including phenoxy) is 1. The first kappa shape index (κ1) is 22.4. The number of rotatable bonds is 5. The van der Waals surface area contributed by atoms with E-state index in [4.69, 9.17) is 4.74 Å². The first-order chi connectivity index (χ1) is 17.2. The number of benzene rings is 2. The predicted molar refractivity (Wildman–Crippen MR) is 140 cm³/mol. The van der Waals surface area contributed by atoms with Crippen molar-refractivity contribution in [3.05, 3.63) is 54.5 Å². The number of nitrogens with zero attached hydrogens (tertiary/aromatic N) is 6. The smallest absolute Gasteiger partial charge is 0.179 e. The molecule has 6 rings (SSSR count). The first-order valence-electron chi connectivity index (χ1n) is 12.9. The second kappa shape index (κ2) is 9.55. The summed E-state index contributed by atoms with van der Waals surface area (Å²) in [5.74, 6) is 2.21. The second-order valence-electron chi connectivity index (χ2n) is 10.3. The van der Waals surface area contributed by atoms with Crippen LogP contribution in [0.3, 0.4) is 0 Å². The molecule has 0 atom stereocenters. The van der Waals surface area contributed by atoms with E-state index in [1.165, 1.54) is 36.2 Å². The maximum Gasteiger partial charge on any atom is 0.179 e. The Morgan fingerprint density at radius 3 is 2.40 bits per heavy atom. The number of piperidine rings is 1. The summed E-state index contributed by atoms with van der Waals surface area (Å²) in [5, 5.41) is 9.00. The molecule has 7 nitrogen and oxygen atoms in total. The van der Waals surface area contributed by atoms with Gasteiger partial charge in [-0.2, -0.15) is 0 Å². The van der Waals surface area contributed by atoms with E-state index in [0.29, 0.717) is 5.92 Å². The summed E-state index contributed by atoms with van der Waals surface area (Å²) in [4.78, 5) is 9.49. The van der Waals surface area contributed by atoms with Gasteiger partial charge in [-0.05, 0) is 81.1 Å². The molecule has 35 heavy (non-hydrogen) atoms. The number of fused-ring (bicyclic) bond motifs is 3. The van der Waals surface area contributed by atoms with Gasteiger partial charge in [0.1, 0.15) is 5.82 Å². The number of anilines is 1. The van der Waals surface area contributed by atoms with E-state index in [-0.39, 0.29) is 0 Å². The Bertz CT molecular complexity index is 1300. The molecule has 0 aliphatic carbocycles. The molecule has 2 aromatic heterocycles. The quantitative estimate of drug-likeness (QED) is 0.424. The lowest BCUT2D eigenvalue weighted by molar-refractivity contribution is 0.0834. The summed E-state index contributed by atoms with van der Waals surface area (Å²) in [6, 6.07) is 15.6. The minimum Gasteiger partial charge on any atom is -0.381 e. The van der Waals surface area contributed by atoms with Crippen LogP contribution in [-0.4, -0.2) is 71.4 Å². The zero-order valence-electron chi connectivity index (χ0n) is 20.7. The molecule has 182 valence electrons. The Hall–Kier alpha value is -3.03. The van der Waals surface area contributed by atoms with E-state index in [1.54, 1.807) is 0 Å². The van der Waals surface area contributed by atoms with Crippen LogP contribution >= 0.6 is 0 Å². The topological polar surface area (TPSA) is 58.8 Å². The Morgan fingerprint density at radius 2 is 1.66 bits per heavy atom. The molecule has 0 radical (unpaired) electrons. The van der Waals surface area contributed by atoms with Gasteiger partial charge < -0.3 is 14.5 Å². The molecule has 4 heterocycles. The van der Waals surface area contributed by atoms with Crippen molar-refractivity contribution < 1.29 is 4.74 Å². The highest BCUT2D eigenvalue weighted by Gasteiger charge is 2.23. The van der Waals surface area contributed by atoms with Crippen LogP contribution in [0.2, 0.25) is 0 Å². The Morgan fingerprint density at radius 1 is 0.914 bits per heavy atom. The van der Waals surface area contributed by atoms with E-state index in [0.717, 1.165) is 67.6 Å². The third-order valence-electron chi connectivity index (χ3n) is 7.64. The van der Waals surface area contributed by atoms with Crippen LogP contribution in [0, 0.1) is 5.92 Å². The van der Waals surface area contributed by atoms with E-state index in [2.05, 4.69) is 85.9 Å². The first-order valence-corrected chi connectivity index (χ1v) is 12.9. The lowest BCUT2D eigenvalue weighted by Gasteiger charge is -2.34. The molecule has 0 amide bonds. The van der Waals surface area contributed by atoms with Crippen LogP contribution in [0.15, 0.2) is 48.7 Å². The summed E-state index contributed by atoms with van der Waals surface area (Å²) in [6.07, 6.45) is 6.33. The summed E-state index contributed by atoms with van der Waals surface area (Å²) < 4.78 is 7.78. The van der Waals surface area contributed by atoms with Gasteiger partial charge in [-0.3, -0.25) is 9.38 Å².